The van der Waals surface area contributed by atoms with Crippen molar-refractivity contribution in [2.45, 2.75) is 0 Å². The van der Waals surface area contributed by atoms with Crippen LogP contribution in [-0.2, 0) is 0 Å². The molecule has 0 spiro atoms. The second-order valence-electron chi connectivity index (χ2n) is 4.02. The van der Waals surface area contributed by atoms with Crippen molar-refractivity contribution in [1.82, 2.24) is 9.97 Å². The van der Waals surface area contributed by atoms with Gasteiger partial charge in [0.05, 0.1) is 29.1 Å². The molecule has 4 nitrogen and oxygen atoms in total. The number of rotatable bonds is 3. The molecule has 0 saturated carbocycles. The van der Waals surface area contributed by atoms with Crippen LogP contribution in [0, 0.1) is 0 Å². The molecule has 92 valence electrons. The molecular weight excluding hydrogens is 236 g/mol. The van der Waals surface area contributed by atoms with Crippen molar-refractivity contribution >= 4 is 22.9 Å². The Kier molecular flexibility index (Phi) is 3.14. The number of nitrogens with zero attached hydrogens (tertiary/aromatic N) is 3. The molecule has 0 atom stereocenters. The maximum atomic E-state index is 4.45. The fraction of sp³-hybridized carbons (Fsp3) is 0. The Hall–Kier alpha value is -2.75. The van der Waals surface area contributed by atoms with Crippen molar-refractivity contribution in [3.05, 3.63) is 66.5 Å². The third kappa shape index (κ3) is 2.74. The van der Waals surface area contributed by atoms with Crippen LogP contribution < -0.4 is 5.43 Å². The number of hydrogen-bond acceptors (Lipinski definition) is 4. The Bertz CT molecular complexity index is 707. The lowest BCUT2D eigenvalue weighted by atomic mass is 10.3. The summed E-state index contributed by atoms with van der Waals surface area (Å²) in [6.07, 6.45) is 3.37. The number of para-hydroxylation sites is 3. The minimum Gasteiger partial charge on any atom is -0.278 e. The molecule has 0 saturated heterocycles. The van der Waals surface area contributed by atoms with E-state index in [-0.39, 0.29) is 0 Å². The van der Waals surface area contributed by atoms with Crippen LogP contribution in [0.4, 0.5) is 5.69 Å². The van der Waals surface area contributed by atoms with Crippen LogP contribution in [0.15, 0.2) is 65.9 Å². The Morgan fingerprint density at radius 2 is 1.63 bits per heavy atom. The second-order valence-corrected chi connectivity index (χ2v) is 4.02. The van der Waals surface area contributed by atoms with Crippen molar-refractivity contribution in [3.63, 3.8) is 0 Å². The zero-order valence-corrected chi connectivity index (χ0v) is 10.2. The largest absolute Gasteiger partial charge is 0.278 e. The Morgan fingerprint density at radius 3 is 2.47 bits per heavy atom. The van der Waals surface area contributed by atoms with E-state index >= 15 is 0 Å². The molecule has 2 aromatic carbocycles. The van der Waals surface area contributed by atoms with E-state index in [4.69, 9.17) is 0 Å². The molecule has 0 fully saturated rings. The highest BCUT2D eigenvalue weighted by molar-refractivity contribution is 5.82. The van der Waals surface area contributed by atoms with Gasteiger partial charge in [-0.1, -0.05) is 30.3 Å². The van der Waals surface area contributed by atoms with E-state index < -0.39 is 0 Å². The standard InChI is InChI=1S/C15H12N4/c1-2-6-12(7-3-1)19-17-11-13-10-16-14-8-4-5-9-15(14)18-13/h1-11,19H/b17-11+. The number of anilines is 1. The predicted molar refractivity (Wildman–Crippen MR) is 77.2 cm³/mol. The fourth-order valence-electron chi connectivity index (χ4n) is 1.72. The van der Waals surface area contributed by atoms with E-state index in [1.165, 1.54) is 0 Å². The molecular formula is C15H12N4. The van der Waals surface area contributed by atoms with Gasteiger partial charge in [0.2, 0.25) is 0 Å². The van der Waals surface area contributed by atoms with Gasteiger partial charge in [0.25, 0.3) is 0 Å². The molecule has 0 bridgehead atoms. The molecule has 4 heteroatoms. The third-order valence-corrected chi connectivity index (χ3v) is 2.63. The van der Waals surface area contributed by atoms with Gasteiger partial charge in [-0.05, 0) is 24.3 Å². The highest BCUT2D eigenvalue weighted by Gasteiger charge is 1.96. The van der Waals surface area contributed by atoms with Gasteiger partial charge < -0.3 is 0 Å². The van der Waals surface area contributed by atoms with Gasteiger partial charge in [-0.25, -0.2) is 4.98 Å². The molecule has 3 rings (SSSR count). The van der Waals surface area contributed by atoms with Crippen molar-refractivity contribution < 1.29 is 0 Å². The van der Waals surface area contributed by atoms with E-state index in [1.807, 2.05) is 54.6 Å². The van der Waals surface area contributed by atoms with Gasteiger partial charge in [-0.3, -0.25) is 10.4 Å². The van der Waals surface area contributed by atoms with E-state index in [0.29, 0.717) is 0 Å². The van der Waals surface area contributed by atoms with Crippen LogP contribution in [0.5, 0.6) is 0 Å². The summed E-state index contributed by atoms with van der Waals surface area (Å²) in [4.78, 5) is 8.78. The topological polar surface area (TPSA) is 50.2 Å². The van der Waals surface area contributed by atoms with Gasteiger partial charge in [0.1, 0.15) is 5.69 Å². The summed E-state index contributed by atoms with van der Waals surface area (Å²) < 4.78 is 0. The Labute approximate surface area is 110 Å². The van der Waals surface area contributed by atoms with Gasteiger partial charge in [-0.2, -0.15) is 5.10 Å². The molecule has 1 heterocycles. The van der Waals surface area contributed by atoms with Crippen LogP contribution in [0.2, 0.25) is 0 Å². The van der Waals surface area contributed by atoms with Gasteiger partial charge >= 0.3 is 0 Å². The lowest BCUT2D eigenvalue weighted by Crippen LogP contribution is -1.94. The lowest BCUT2D eigenvalue weighted by molar-refractivity contribution is 1.26. The average Bonchev–Trinajstić information content (AvgIpc) is 2.48. The Morgan fingerprint density at radius 1 is 0.895 bits per heavy atom. The van der Waals surface area contributed by atoms with Crippen LogP contribution in [0.1, 0.15) is 5.69 Å². The zero-order chi connectivity index (χ0) is 12.9. The minimum absolute atomic E-state index is 0.724. The number of fused-ring (bicyclic) bond motifs is 1. The first-order chi connectivity index (χ1) is 9.42. The minimum atomic E-state index is 0.724. The fourth-order valence-corrected chi connectivity index (χ4v) is 1.72. The maximum absolute atomic E-state index is 4.45. The first-order valence-electron chi connectivity index (χ1n) is 5.98. The van der Waals surface area contributed by atoms with Crippen molar-refractivity contribution in [1.29, 1.82) is 0 Å². The van der Waals surface area contributed by atoms with Crippen LogP contribution in [0.3, 0.4) is 0 Å². The number of benzene rings is 2. The molecule has 0 amide bonds. The number of nitrogens with one attached hydrogen (secondary N) is 1. The molecule has 0 radical (unpaired) electrons. The first-order valence-corrected chi connectivity index (χ1v) is 5.98. The highest BCUT2D eigenvalue weighted by atomic mass is 15.3. The molecule has 0 aliphatic rings. The Balaban J connectivity index is 1.78. The van der Waals surface area contributed by atoms with Crippen molar-refractivity contribution in [2.75, 3.05) is 5.43 Å². The summed E-state index contributed by atoms with van der Waals surface area (Å²) in [6, 6.07) is 17.5. The normalized spacial score (nSPS) is 10.9. The van der Waals surface area contributed by atoms with Crippen LogP contribution >= 0.6 is 0 Å². The quantitative estimate of drug-likeness (QED) is 0.572. The van der Waals surface area contributed by atoms with Crippen molar-refractivity contribution in [3.8, 4) is 0 Å². The van der Waals surface area contributed by atoms with E-state index in [2.05, 4.69) is 20.5 Å². The monoisotopic (exact) mass is 248 g/mol. The summed E-state index contributed by atoms with van der Waals surface area (Å²) in [5, 5.41) is 4.14. The summed E-state index contributed by atoms with van der Waals surface area (Å²) in [7, 11) is 0. The summed E-state index contributed by atoms with van der Waals surface area (Å²) in [6.45, 7) is 0. The molecule has 19 heavy (non-hydrogen) atoms. The SMILES string of the molecule is C(=N\Nc1ccccc1)/c1cnc2ccccc2n1. The van der Waals surface area contributed by atoms with Crippen LogP contribution in [0.25, 0.3) is 11.0 Å². The number of aromatic nitrogens is 2. The summed E-state index contributed by atoms with van der Waals surface area (Å²) in [5.74, 6) is 0. The van der Waals surface area contributed by atoms with E-state index in [1.54, 1.807) is 12.4 Å². The highest BCUT2D eigenvalue weighted by Crippen LogP contribution is 2.08. The third-order valence-electron chi connectivity index (χ3n) is 2.63. The molecule has 0 unspecified atom stereocenters. The summed E-state index contributed by atoms with van der Waals surface area (Å²) >= 11 is 0. The zero-order valence-electron chi connectivity index (χ0n) is 10.2. The molecule has 3 aromatic rings. The van der Waals surface area contributed by atoms with Crippen molar-refractivity contribution in [2.24, 2.45) is 5.10 Å². The van der Waals surface area contributed by atoms with Gasteiger partial charge in [-0.15, -0.1) is 0 Å². The average molecular weight is 248 g/mol. The first kappa shape index (κ1) is 11.3. The lowest BCUT2D eigenvalue weighted by Gasteiger charge is -1.99. The predicted octanol–water partition coefficient (Wildman–Crippen LogP) is 3.08. The maximum Gasteiger partial charge on any atom is 0.102 e. The van der Waals surface area contributed by atoms with E-state index in [0.717, 1.165) is 22.4 Å². The molecule has 1 N–H and O–H groups in total. The smallest absolute Gasteiger partial charge is 0.102 e. The summed E-state index contributed by atoms with van der Waals surface area (Å²) in [5.41, 5.74) is 6.36. The molecule has 0 aliphatic carbocycles. The van der Waals surface area contributed by atoms with Gasteiger partial charge in [0.15, 0.2) is 0 Å². The molecule has 0 aliphatic heterocycles. The van der Waals surface area contributed by atoms with Gasteiger partial charge in [0, 0.05) is 0 Å². The number of hydrazone groups is 1. The number of hydrogen-bond donors (Lipinski definition) is 1. The van der Waals surface area contributed by atoms with Crippen LogP contribution in [-0.4, -0.2) is 16.2 Å². The molecule has 1 aromatic heterocycles. The van der Waals surface area contributed by atoms with E-state index in [9.17, 15) is 0 Å². The second kappa shape index (κ2) is 5.27.